The third-order valence-electron chi connectivity index (χ3n) is 2.58. The fourth-order valence-electron chi connectivity index (χ4n) is 1.75. The maximum absolute atomic E-state index is 2.18. The second-order valence-corrected chi connectivity index (χ2v) is 3.63. The zero-order valence-electron chi connectivity index (χ0n) is 8.62. The Kier molecular flexibility index (Phi) is 2.49. The molecule has 0 aliphatic heterocycles. The van der Waals surface area contributed by atoms with E-state index in [0.717, 1.165) is 0 Å². The molecule has 2 aromatic rings. The van der Waals surface area contributed by atoms with Crippen molar-refractivity contribution in [1.29, 1.82) is 0 Å². The molecule has 1 heteroatoms. The fraction of sp³-hybridized carbons (Fsp3) is 0.154. The van der Waals surface area contributed by atoms with Crippen LogP contribution in [0.2, 0.25) is 0 Å². The van der Waals surface area contributed by atoms with Crippen molar-refractivity contribution in [3.63, 3.8) is 0 Å². The molecule has 0 aliphatic rings. The molecule has 0 atom stereocenters. The summed E-state index contributed by atoms with van der Waals surface area (Å²) in [4.78, 5) is 0. The summed E-state index contributed by atoms with van der Waals surface area (Å²) >= 11 is 0. The van der Waals surface area contributed by atoms with Gasteiger partial charge in [-0.3, -0.25) is 0 Å². The summed E-state index contributed by atoms with van der Waals surface area (Å²) in [5.41, 5.74) is 5.35. The van der Waals surface area contributed by atoms with Crippen molar-refractivity contribution >= 4 is 6.91 Å². The zero-order valence-corrected chi connectivity index (χ0v) is 8.62. The predicted octanol–water partition coefficient (Wildman–Crippen LogP) is 3.31. The van der Waals surface area contributed by atoms with Gasteiger partial charge in [-0.1, -0.05) is 0 Å². The van der Waals surface area contributed by atoms with Crippen LogP contribution in [0.5, 0.6) is 0 Å². The number of hydrogen-bond donors (Lipinski definition) is 0. The minimum absolute atomic E-state index is 1.34. The first kappa shape index (κ1) is 9.20. The second-order valence-electron chi connectivity index (χ2n) is 3.63. The van der Waals surface area contributed by atoms with Gasteiger partial charge >= 0.3 is 85.3 Å². The minimum atomic E-state index is 1.34. The Balaban J connectivity index is 2.61. The third kappa shape index (κ3) is 1.63. The van der Waals surface area contributed by atoms with Crippen LogP contribution in [0.4, 0.5) is 0 Å². The molecular weight excluding hydrogens is 167 g/mol. The van der Waals surface area contributed by atoms with Gasteiger partial charge in [0, 0.05) is 0 Å². The summed E-state index contributed by atoms with van der Waals surface area (Å²) < 4.78 is 0. The van der Waals surface area contributed by atoms with Gasteiger partial charge in [0.15, 0.2) is 0 Å². The van der Waals surface area contributed by atoms with Gasteiger partial charge in [0.05, 0.1) is 0 Å². The van der Waals surface area contributed by atoms with Crippen molar-refractivity contribution in [3.05, 3.63) is 53.4 Å². The van der Waals surface area contributed by atoms with Crippen molar-refractivity contribution in [3.8, 4) is 11.1 Å². The van der Waals surface area contributed by atoms with E-state index < -0.39 is 0 Å². The molecule has 1 heterocycles. The van der Waals surface area contributed by atoms with Crippen molar-refractivity contribution in [2.45, 2.75) is 13.8 Å². The van der Waals surface area contributed by atoms with Crippen molar-refractivity contribution in [1.82, 2.24) is 0 Å². The molecule has 0 saturated heterocycles. The molecule has 0 unspecified atom stereocenters. The molecule has 0 saturated carbocycles. The van der Waals surface area contributed by atoms with Crippen LogP contribution in [0.25, 0.3) is 11.1 Å². The van der Waals surface area contributed by atoms with E-state index in [1.165, 1.54) is 22.3 Å². The standard InChI is InChI=1S/C13H13B/c1-10-5-3-4-6-12(10)13-9-14-8-7-11(13)2/h3-9H,1-2H3. The van der Waals surface area contributed by atoms with Gasteiger partial charge in [0.1, 0.15) is 0 Å². The molecule has 0 aliphatic carbocycles. The molecule has 0 nitrogen and oxygen atoms in total. The summed E-state index contributed by atoms with van der Waals surface area (Å²) in [6.45, 7) is 6.40. The third-order valence-corrected chi connectivity index (χ3v) is 2.58. The topological polar surface area (TPSA) is 0 Å². The number of hydrogen-bond acceptors (Lipinski definition) is 0. The maximum atomic E-state index is 2.18. The molecule has 1 aromatic carbocycles. The predicted molar refractivity (Wildman–Crippen MR) is 62.7 cm³/mol. The average molecular weight is 180 g/mol. The van der Waals surface area contributed by atoms with Crippen molar-refractivity contribution < 1.29 is 0 Å². The van der Waals surface area contributed by atoms with Crippen LogP contribution in [0.3, 0.4) is 0 Å². The molecule has 0 spiro atoms. The van der Waals surface area contributed by atoms with Gasteiger partial charge in [-0.15, -0.1) is 0 Å². The summed E-state index contributed by atoms with van der Waals surface area (Å²) in [7, 11) is 0. The molecule has 0 bridgehead atoms. The van der Waals surface area contributed by atoms with Crippen LogP contribution in [0.15, 0.2) is 42.3 Å². The second kappa shape index (κ2) is 3.79. The van der Waals surface area contributed by atoms with Crippen LogP contribution in [-0.2, 0) is 0 Å². The molecular formula is C13H13B. The molecule has 0 fully saturated rings. The first-order valence-electron chi connectivity index (χ1n) is 4.90. The van der Waals surface area contributed by atoms with Crippen molar-refractivity contribution in [2.75, 3.05) is 0 Å². The Morgan fingerprint density at radius 3 is 2.29 bits per heavy atom. The fourth-order valence-corrected chi connectivity index (χ4v) is 1.75. The van der Waals surface area contributed by atoms with Gasteiger partial charge in [-0.25, -0.2) is 0 Å². The Morgan fingerprint density at radius 1 is 0.857 bits per heavy atom. The SMILES string of the molecule is Cc1ccbcc1-c1ccccc1C. The first-order chi connectivity index (χ1) is 6.79. The van der Waals surface area contributed by atoms with E-state index >= 15 is 0 Å². The van der Waals surface area contributed by atoms with Crippen LogP contribution < -0.4 is 0 Å². The average Bonchev–Trinajstić information content (AvgIpc) is 2.20. The van der Waals surface area contributed by atoms with Crippen LogP contribution in [0.1, 0.15) is 11.1 Å². The molecule has 1 aromatic heterocycles. The Labute approximate surface area is 85.8 Å². The summed E-state index contributed by atoms with van der Waals surface area (Å²) in [6.07, 6.45) is 0. The molecule has 2 rings (SSSR count). The van der Waals surface area contributed by atoms with E-state index in [4.69, 9.17) is 0 Å². The van der Waals surface area contributed by atoms with E-state index in [9.17, 15) is 0 Å². The normalized spacial score (nSPS) is 9.86. The molecule has 0 radical (unpaired) electrons. The Morgan fingerprint density at radius 2 is 1.57 bits per heavy atom. The number of aryl methyl sites for hydroxylation is 2. The summed E-state index contributed by atoms with van der Waals surface area (Å²) in [6, 6.07) is 10.7. The van der Waals surface area contributed by atoms with E-state index in [1.807, 2.05) is 0 Å². The van der Waals surface area contributed by atoms with Gasteiger partial charge in [-0.2, -0.15) is 0 Å². The molecule has 0 N–H and O–H groups in total. The monoisotopic (exact) mass is 180 g/mol. The van der Waals surface area contributed by atoms with Crippen LogP contribution in [0, 0.1) is 13.8 Å². The molecule has 0 amide bonds. The van der Waals surface area contributed by atoms with E-state index in [1.54, 1.807) is 0 Å². The van der Waals surface area contributed by atoms with Gasteiger partial charge in [0.2, 0.25) is 0 Å². The number of benzene rings is 1. The molecule has 68 valence electrons. The van der Waals surface area contributed by atoms with Gasteiger partial charge < -0.3 is 0 Å². The first-order valence-corrected chi connectivity index (χ1v) is 4.90. The Bertz CT molecular complexity index is 403. The van der Waals surface area contributed by atoms with Gasteiger partial charge in [-0.05, 0) is 0 Å². The van der Waals surface area contributed by atoms with E-state index in [2.05, 4.69) is 63.0 Å². The molecule has 14 heavy (non-hydrogen) atoms. The van der Waals surface area contributed by atoms with E-state index in [0.29, 0.717) is 0 Å². The zero-order chi connectivity index (χ0) is 9.97. The van der Waals surface area contributed by atoms with Crippen molar-refractivity contribution in [2.24, 2.45) is 0 Å². The number of rotatable bonds is 1. The van der Waals surface area contributed by atoms with Crippen LogP contribution >= 0.6 is 0 Å². The Hall–Kier alpha value is -1.37. The van der Waals surface area contributed by atoms with E-state index in [-0.39, 0.29) is 0 Å². The van der Waals surface area contributed by atoms with Gasteiger partial charge in [0.25, 0.3) is 0 Å². The summed E-state index contributed by atoms with van der Waals surface area (Å²) in [5.74, 6) is 4.26. The summed E-state index contributed by atoms with van der Waals surface area (Å²) in [5, 5.41) is 0. The van der Waals surface area contributed by atoms with Crippen LogP contribution in [-0.4, -0.2) is 6.91 Å². The quantitative estimate of drug-likeness (QED) is 0.631.